The van der Waals surface area contributed by atoms with E-state index in [0.717, 1.165) is 6.92 Å². The third kappa shape index (κ3) is 4.89. The molecule has 0 unspecified atom stereocenters. The van der Waals surface area contributed by atoms with E-state index in [-0.39, 0.29) is 5.69 Å². The molecule has 1 aromatic carbocycles. The molecule has 0 fully saturated rings. The van der Waals surface area contributed by atoms with Crippen LogP contribution in [0, 0.1) is 0 Å². The average molecular weight is 495 g/mol. The summed E-state index contributed by atoms with van der Waals surface area (Å²) in [6, 6.07) is 3.19. The minimum absolute atomic E-state index is 0.173. The van der Waals surface area contributed by atoms with E-state index in [2.05, 4.69) is 58.0 Å². The van der Waals surface area contributed by atoms with Crippen molar-refractivity contribution in [3.63, 3.8) is 0 Å². The third-order valence-corrected chi connectivity index (χ3v) is 3.72. The maximum absolute atomic E-state index is 12.4. The van der Waals surface area contributed by atoms with E-state index in [1.165, 1.54) is 0 Å². The number of rotatable bonds is 3. The second-order valence-electron chi connectivity index (χ2n) is 3.67. The monoisotopic (exact) mass is 492 g/mol. The molecular formula is C11H6Br3F3N2O2. The van der Waals surface area contributed by atoms with Crippen LogP contribution in [0.25, 0.3) is 0 Å². The number of nitrogens with zero attached hydrogens (tertiary/aromatic N) is 2. The van der Waals surface area contributed by atoms with Crippen molar-refractivity contribution in [1.82, 2.24) is 0 Å². The van der Waals surface area contributed by atoms with E-state index in [1.807, 2.05) is 0 Å². The maximum Gasteiger partial charge on any atom is 0.451 e. The zero-order chi connectivity index (χ0) is 16.4. The molecule has 10 heteroatoms. The average Bonchev–Trinajstić information content (AvgIpc) is 2.30. The zero-order valence-electron chi connectivity index (χ0n) is 10.2. The Morgan fingerprint density at radius 1 is 1.19 bits per heavy atom. The Hall–Kier alpha value is -0.740. The fourth-order valence-corrected chi connectivity index (χ4v) is 3.57. The largest absolute Gasteiger partial charge is 0.503 e. The molecule has 0 aliphatic rings. The minimum atomic E-state index is -5.08. The van der Waals surface area contributed by atoms with Crippen LogP contribution in [0.3, 0.4) is 0 Å². The van der Waals surface area contributed by atoms with Gasteiger partial charge in [-0.2, -0.15) is 13.2 Å². The summed E-state index contributed by atoms with van der Waals surface area (Å²) in [5, 5.41) is 15.8. The predicted octanol–water partition coefficient (Wildman–Crippen LogP) is 5.98. The Morgan fingerprint density at radius 3 is 2.05 bits per heavy atom. The number of allylic oxidation sites excluding steroid dienone is 2. The smallest absolute Gasteiger partial charge is 0.451 e. The molecule has 0 atom stereocenters. The molecule has 0 saturated heterocycles. The molecular weight excluding hydrogens is 489 g/mol. The Labute approximate surface area is 142 Å². The van der Waals surface area contributed by atoms with E-state index >= 15 is 0 Å². The molecule has 21 heavy (non-hydrogen) atoms. The Morgan fingerprint density at radius 2 is 1.67 bits per heavy atom. The van der Waals surface area contributed by atoms with Crippen molar-refractivity contribution in [2.24, 2.45) is 10.2 Å². The van der Waals surface area contributed by atoms with Crippen LogP contribution in [0.2, 0.25) is 0 Å². The Balaban J connectivity index is 3.33. The second kappa shape index (κ2) is 7.01. The number of carbonyl (C=O) groups excluding carboxylic acids is 1. The van der Waals surface area contributed by atoms with Gasteiger partial charge in [0.05, 0.1) is 0 Å². The molecule has 0 heterocycles. The van der Waals surface area contributed by atoms with E-state index in [4.69, 9.17) is 5.11 Å². The Kier molecular flexibility index (Phi) is 6.11. The van der Waals surface area contributed by atoms with Crippen molar-refractivity contribution in [2.45, 2.75) is 13.1 Å². The van der Waals surface area contributed by atoms with Crippen molar-refractivity contribution < 1.29 is 23.1 Å². The van der Waals surface area contributed by atoms with Crippen LogP contribution in [0.4, 0.5) is 18.9 Å². The molecule has 1 N–H and O–H groups in total. The van der Waals surface area contributed by atoms with E-state index in [9.17, 15) is 18.0 Å². The first-order valence-corrected chi connectivity index (χ1v) is 7.49. The van der Waals surface area contributed by atoms with Crippen LogP contribution >= 0.6 is 47.8 Å². The fourth-order valence-electron chi connectivity index (χ4n) is 1.15. The lowest BCUT2D eigenvalue weighted by molar-refractivity contribution is -0.126. The van der Waals surface area contributed by atoms with Gasteiger partial charge in [-0.1, -0.05) is 15.9 Å². The van der Waals surface area contributed by atoms with E-state index in [1.54, 1.807) is 12.1 Å². The van der Waals surface area contributed by atoms with Gasteiger partial charge < -0.3 is 5.11 Å². The summed E-state index contributed by atoms with van der Waals surface area (Å²) < 4.78 is 38.8. The number of alkyl halides is 3. The van der Waals surface area contributed by atoms with Gasteiger partial charge in [0, 0.05) is 20.3 Å². The Bertz CT molecular complexity index is 619. The molecule has 0 radical (unpaired) electrons. The number of ketones is 1. The van der Waals surface area contributed by atoms with Crippen molar-refractivity contribution in [3.05, 3.63) is 37.0 Å². The summed E-state index contributed by atoms with van der Waals surface area (Å²) in [5.74, 6) is -3.14. The highest BCUT2D eigenvalue weighted by molar-refractivity contribution is 9.11. The molecule has 4 nitrogen and oxygen atoms in total. The number of aliphatic hydroxyl groups is 1. The van der Waals surface area contributed by atoms with Gasteiger partial charge in [-0.15, -0.1) is 10.2 Å². The van der Waals surface area contributed by atoms with Crippen molar-refractivity contribution >= 4 is 59.3 Å². The molecule has 0 aromatic heterocycles. The number of hydrogen-bond acceptors (Lipinski definition) is 4. The summed E-state index contributed by atoms with van der Waals surface area (Å²) >= 11 is 9.54. The summed E-state index contributed by atoms with van der Waals surface area (Å²) in [4.78, 5) is 11.2. The van der Waals surface area contributed by atoms with Gasteiger partial charge in [-0.25, -0.2) is 0 Å². The van der Waals surface area contributed by atoms with Crippen molar-refractivity contribution in [1.29, 1.82) is 0 Å². The van der Waals surface area contributed by atoms with Gasteiger partial charge in [-0.05, 0) is 44.0 Å². The van der Waals surface area contributed by atoms with Crippen LogP contribution in [-0.2, 0) is 4.79 Å². The van der Waals surface area contributed by atoms with Crippen LogP contribution in [0.5, 0.6) is 0 Å². The number of benzene rings is 1. The molecule has 0 bridgehead atoms. The van der Waals surface area contributed by atoms with Crippen LogP contribution in [0.1, 0.15) is 6.92 Å². The highest BCUT2D eigenvalue weighted by atomic mass is 79.9. The highest BCUT2D eigenvalue weighted by Gasteiger charge is 2.38. The highest BCUT2D eigenvalue weighted by Crippen LogP contribution is 2.37. The second-order valence-corrected chi connectivity index (χ2v) is 6.29. The predicted molar refractivity (Wildman–Crippen MR) is 80.4 cm³/mol. The number of hydrogen-bond donors (Lipinski definition) is 1. The molecule has 0 amide bonds. The normalized spacial score (nSPS) is 13.5. The van der Waals surface area contributed by atoms with Gasteiger partial charge in [0.25, 0.3) is 0 Å². The van der Waals surface area contributed by atoms with Gasteiger partial charge >= 0.3 is 6.18 Å². The summed E-state index contributed by atoms with van der Waals surface area (Å²) in [5.41, 5.74) is -0.990. The molecule has 0 saturated carbocycles. The standard InChI is InChI=1S/C11H6Br3F3N2O2/c1-4(20)8(10(21)11(15,16)17)18-19-9-6(13)2-5(12)3-7(9)14/h2-3,21H,1H3/b10-8+,19-18?. The molecule has 0 aliphatic carbocycles. The summed E-state index contributed by atoms with van der Waals surface area (Å²) in [7, 11) is 0. The number of azo groups is 1. The van der Waals surface area contributed by atoms with Crippen LogP contribution in [0.15, 0.2) is 47.2 Å². The molecule has 0 aliphatic heterocycles. The van der Waals surface area contributed by atoms with E-state index in [0.29, 0.717) is 13.4 Å². The van der Waals surface area contributed by atoms with Gasteiger partial charge in [0.1, 0.15) is 5.69 Å². The topological polar surface area (TPSA) is 62.0 Å². The zero-order valence-corrected chi connectivity index (χ0v) is 14.9. The number of aliphatic hydroxyl groups excluding tert-OH is 1. The van der Waals surface area contributed by atoms with E-state index < -0.39 is 23.4 Å². The fraction of sp³-hybridized carbons (Fsp3) is 0.182. The van der Waals surface area contributed by atoms with Gasteiger partial charge in [-0.3, -0.25) is 4.79 Å². The van der Waals surface area contributed by atoms with Crippen LogP contribution in [-0.4, -0.2) is 17.1 Å². The lowest BCUT2D eigenvalue weighted by Crippen LogP contribution is -2.16. The summed E-state index contributed by atoms with van der Waals surface area (Å²) in [6.07, 6.45) is -5.08. The third-order valence-electron chi connectivity index (χ3n) is 2.06. The number of Topliss-reactive ketones (excluding diaryl/α,β-unsaturated/α-hetero) is 1. The summed E-state index contributed by atoms with van der Waals surface area (Å²) in [6.45, 7) is 0.849. The van der Waals surface area contributed by atoms with Gasteiger partial charge in [0.15, 0.2) is 11.5 Å². The quantitative estimate of drug-likeness (QED) is 0.319. The molecule has 0 spiro atoms. The molecule has 1 aromatic rings. The maximum atomic E-state index is 12.4. The first-order valence-electron chi connectivity index (χ1n) is 5.11. The molecule has 114 valence electrons. The molecule has 1 rings (SSSR count). The first-order chi connectivity index (χ1) is 9.54. The van der Waals surface area contributed by atoms with Crippen LogP contribution < -0.4 is 0 Å². The lowest BCUT2D eigenvalue weighted by atomic mass is 10.3. The minimum Gasteiger partial charge on any atom is -0.503 e. The van der Waals surface area contributed by atoms with Crippen molar-refractivity contribution in [3.8, 4) is 0 Å². The lowest BCUT2D eigenvalue weighted by Gasteiger charge is -2.07. The number of carbonyl (C=O) groups is 1. The van der Waals surface area contributed by atoms with Gasteiger partial charge in [0.2, 0.25) is 5.76 Å². The number of halogens is 6. The first kappa shape index (κ1) is 18.3. The van der Waals surface area contributed by atoms with Crippen molar-refractivity contribution in [2.75, 3.05) is 0 Å². The SMILES string of the molecule is CC(=O)/C(N=Nc1c(Br)cc(Br)cc1Br)=C(\O)C(F)(F)F.